The van der Waals surface area contributed by atoms with Gasteiger partial charge in [0.1, 0.15) is 6.17 Å². The lowest BCUT2D eigenvalue weighted by Crippen LogP contribution is -2.27. The smallest absolute Gasteiger partial charge is 0.100 e. The highest BCUT2D eigenvalue weighted by molar-refractivity contribution is 4.83. The summed E-state index contributed by atoms with van der Waals surface area (Å²) in [5.74, 6) is 3.61. The molecule has 2 rings (SSSR count). The van der Waals surface area contributed by atoms with E-state index in [4.69, 9.17) is 0 Å². The minimum atomic E-state index is -0.729. The van der Waals surface area contributed by atoms with Gasteiger partial charge in [-0.15, -0.1) is 0 Å². The SMILES string of the molecule is CCC(F)CC(CCF)C1CCC(C2CCCC(C)CC2)CC1. The number of alkyl halides is 2. The van der Waals surface area contributed by atoms with Crippen molar-refractivity contribution in [2.24, 2.45) is 29.6 Å². The molecule has 23 heavy (non-hydrogen) atoms. The van der Waals surface area contributed by atoms with Gasteiger partial charge in [-0.2, -0.15) is 0 Å². The summed E-state index contributed by atoms with van der Waals surface area (Å²) in [4.78, 5) is 0. The van der Waals surface area contributed by atoms with Gasteiger partial charge in [-0.05, 0) is 81.0 Å². The first-order chi connectivity index (χ1) is 11.1. The largest absolute Gasteiger partial charge is 0.251 e. The van der Waals surface area contributed by atoms with Crippen LogP contribution in [0.3, 0.4) is 0 Å². The van der Waals surface area contributed by atoms with E-state index in [1.54, 1.807) is 0 Å². The molecule has 2 aliphatic rings. The Morgan fingerprint density at radius 2 is 1.57 bits per heavy atom. The minimum absolute atomic E-state index is 0.276. The van der Waals surface area contributed by atoms with Gasteiger partial charge >= 0.3 is 0 Å². The fourth-order valence-electron chi connectivity index (χ4n) is 5.26. The highest BCUT2D eigenvalue weighted by atomic mass is 19.1. The minimum Gasteiger partial charge on any atom is -0.251 e. The number of rotatable bonds is 7. The summed E-state index contributed by atoms with van der Waals surface area (Å²) in [7, 11) is 0. The molecule has 0 N–H and O–H groups in total. The molecule has 0 heterocycles. The van der Waals surface area contributed by atoms with Gasteiger partial charge < -0.3 is 0 Å². The van der Waals surface area contributed by atoms with Crippen molar-refractivity contribution in [2.45, 2.75) is 97.1 Å². The van der Waals surface area contributed by atoms with Crippen molar-refractivity contribution < 1.29 is 8.78 Å². The molecule has 2 aliphatic carbocycles. The zero-order valence-corrected chi connectivity index (χ0v) is 15.4. The Bertz CT molecular complexity index is 309. The number of hydrogen-bond acceptors (Lipinski definition) is 0. The summed E-state index contributed by atoms with van der Waals surface area (Å²) in [5, 5.41) is 0. The summed E-state index contributed by atoms with van der Waals surface area (Å²) in [6, 6.07) is 0. The van der Waals surface area contributed by atoms with Crippen LogP contribution in [0.5, 0.6) is 0 Å². The van der Waals surface area contributed by atoms with Gasteiger partial charge in [0, 0.05) is 0 Å². The van der Waals surface area contributed by atoms with E-state index >= 15 is 0 Å². The molecule has 2 saturated carbocycles. The van der Waals surface area contributed by atoms with Crippen LogP contribution in [0.4, 0.5) is 8.78 Å². The van der Waals surface area contributed by atoms with Gasteiger partial charge in [-0.1, -0.05) is 39.5 Å². The van der Waals surface area contributed by atoms with E-state index in [-0.39, 0.29) is 12.6 Å². The zero-order valence-electron chi connectivity index (χ0n) is 15.4. The van der Waals surface area contributed by atoms with Gasteiger partial charge in [0.25, 0.3) is 0 Å². The molecule has 2 fully saturated rings. The standard InChI is InChI=1S/C21H38F2/c1-3-21(23)15-20(13-14-22)19-11-9-18(10-12-19)17-6-4-5-16(2)7-8-17/h16-21H,3-15H2,1-2H3. The van der Waals surface area contributed by atoms with Gasteiger partial charge in [0.2, 0.25) is 0 Å². The fraction of sp³-hybridized carbons (Fsp3) is 1.00. The van der Waals surface area contributed by atoms with Crippen LogP contribution in [-0.4, -0.2) is 12.8 Å². The first kappa shape index (κ1) is 19.2. The number of hydrogen-bond donors (Lipinski definition) is 0. The third-order valence-electron chi connectivity index (χ3n) is 6.93. The zero-order chi connectivity index (χ0) is 16.7. The molecule has 0 saturated heterocycles. The molecular weight excluding hydrogens is 290 g/mol. The summed E-state index contributed by atoms with van der Waals surface area (Å²) >= 11 is 0. The Balaban J connectivity index is 1.81. The lowest BCUT2D eigenvalue weighted by Gasteiger charge is -2.37. The van der Waals surface area contributed by atoms with Crippen LogP contribution in [-0.2, 0) is 0 Å². The van der Waals surface area contributed by atoms with Crippen molar-refractivity contribution in [1.29, 1.82) is 0 Å². The van der Waals surface area contributed by atoms with Crippen molar-refractivity contribution >= 4 is 0 Å². The van der Waals surface area contributed by atoms with Gasteiger partial charge in [-0.3, -0.25) is 4.39 Å². The summed E-state index contributed by atoms with van der Waals surface area (Å²) in [6.07, 6.45) is 13.2. The maximum atomic E-state index is 13.8. The third kappa shape index (κ3) is 6.02. The second kappa shape index (κ2) is 9.99. The van der Waals surface area contributed by atoms with Crippen LogP contribution in [0.25, 0.3) is 0 Å². The lowest BCUT2D eigenvalue weighted by molar-refractivity contribution is 0.120. The molecule has 4 unspecified atom stereocenters. The van der Waals surface area contributed by atoms with Crippen LogP contribution in [0.1, 0.15) is 90.9 Å². The molecule has 0 aliphatic heterocycles. The Hall–Kier alpha value is -0.140. The van der Waals surface area contributed by atoms with E-state index in [0.29, 0.717) is 25.2 Å². The fourth-order valence-corrected chi connectivity index (χ4v) is 5.26. The molecule has 0 bridgehead atoms. The molecule has 0 aromatic carbocycles. The van der Waals surface area contributed by atoms with Gasteiger partial charge in [-0.25, -0.2) is 4.39 Å². The first-order valence-electron chi connectivity index (χ1n) is 10.3. The third-order valence-corrected chi connectivity index (χ3v) is 6.93. The van der Waals surface area contributed by atoms with Gasteiger partial charge in [0.15, 0.2) is 0 Å². The number of halogens is 2. The maximum Gasteiger partial charge on any atom is 0.100 e. The van der Waals surface area contributed by atoms with Crippen LogP contribution >= 0.6 is 0 Å². The molecule has 0 amide bonds. The molecule has 136 valence electrons. The molecule has 0 radical (unpaired) electrons. The van der Waals surface area contributed by atoms with Gasteiger partial charge in [0.05, 0.1) is 6.67 Å². The quantitative estimate of drug-likeness (QED) is 0.436. The molecule has 0 nitrogen and oxygen atoms in total. The Morgan fingerprint density at radius 1 is 0.913 bits per heavy atom. The summed E-state index contributed by atoms with van der Waals surface area (Å²) < 4.78 is 26.7. The highest BCUT2D eigenvalue weighted by Crippen LogP contribution is 2.43. The Morgan fingerprint density at radius 3 is 2.22 bits per heavy atom. The van der Waals surface area contributed by atoms with E-state index in [1.807, 2.05) is 6.92 Å². The Kier molecular flexibility index (Phi) is 8.33. The predicted molar refractivity (Wildman–Crippen MR) is 95.1 cm³/mol. The Labute approximate surface area is 142 Å². The average molecular weight is 329 g/mol. The van der Waals surface area contributed by atoms with Crippen LogP contribution < -0.4 is 0 Å². The van der Waals surface area contributed by atoms with Crippen LogP contribution in [0.15, 0.2) is 0 Å². The highest BCUT2D eigenvalue weighted by Gasteiger charge is 2.32. The maximum absolute atomic E-state index is 13.8. The van der Waals surface area contributed by atoms with E-state index < -0.39 is 6.17 Å². The van der Waals surface area contributed by atoms with Crippen LogP contribution in [0, 0.1) is 29.6 Å². The molecule has 2 heteroatoms. The molecule has 4 atom stereocenters. The van der Waals surface area contributed by atoms with E-state index in [0.717, 1.165) is 17.8 Å². The van der Waals surface area contributed by atoms with E-state index in [2.05, 4.69) is 6.92 Å². The molecular formula is C21H38F2. The summed E-state index contributed by atoms with van der Waals surface area (Å²) in [5.41, 5.74) is 0. The molecule has 0 spiro atoms. The van der Waals surface area contributed by atoms with E-state index in [9.17, 15) is 8.78 Å². The van der Waals surface area contributed by atoms with E-state index in [1.165, 1.54) is 57.8 Å². The second-order valence-electron chi connectivity index (χ2n) is 8.53. The first-order valence-corrected chi connectivity index (χ1v) is 10.3. The topological polar surface area (TPSA) is 0 Å². The van der Waals surface area contributed by atoms with Crippen molar-refractivity contribution in [2.75, 3.05) is 6.67 Å². The molecule has 0 aromatic rings. The lowest BCUT2D eigenvalue weighted by atomic mass is 9.69. The van der Waals surface area contributed by atoms with Crippen molar-refractivity contribution in [3.8, 4) is 0 Å². The second-order valence-corrected chi connectivity index (χ2v) is 8.53. The van der Waals surface area contributed by atoms with Crippen molar-refractivity contribution in [3.05, 3.63) is 0 Å². The normalized spacial score (nSPS) is 35.5. The van der Waals surface area contributed by atoms with Crippen LogP contribution in [0.2, 0.25) is 0 Å². The van der Waals surface area contributed by atoms with Crippen molar-refractivity contribution in [3.63, 3.8) is 0 Å². The summed E-state index contributed by atoms with van der Waals surface area (Å²) in [6.45, 7) is 4.03. The average Bonchev–Trinajstić information content (AvgIpc) is 2.79. The molecule has 0 aromatic heterocycles. The monoisotopic (exact) mass is 328 g/mol. The van der Waals surface area contributed by atoms with Crippen molar-refractivity contribution in [1.82, 2.24) is 0 Å². The predicted octanol–water partition coefficient (Wildman–Crippen LogP) is 7.12.